The van der Waals surface area contributed by atoms with Crippen LogP contribution in [-0.4, -0.2) is 51.0 Å². The number of carboxylic acid groups (broad SMARTS) is 1. The molecule has 1 aromatic carbocycles. The summed E-state index contributed by atoms with van der Waals surface area (Å²) in [6.07, 6.45) is 5.10. The number of unbranched alkanes of at least 4 members (excludes halogenated alkanes) is 1. The van der Waals surface area contributed by atoms with Crippen molar-refractivity contribution < 1.29 is 19.5 Å². The number of aryl methyl sites for hydroxylation is 1. The van der Waals surface area contributed by atoms with E-state index in [0.717, 1.165) is 17.7 Å². The molecule has 3 rings (SSSR count). The Kier molecular flexibility index (Phi) is 7.81. The number of likely N-dealkylation sites (tertiary alicyclic amines) is 1. The number of hydrogen-bond donors (Lipinski definition) is 1. The van der Waals surface area contributed by atoms with Crippen molar-refractivity contribution in [3.8, 4) is 11.8 Å². The summed E-state index contributed by atoms with van der Waals surface area (Å²) < 4.78 is 5.99. The van der Waals surface area contributed by atoms with Crippen LogP contribution in [-0.2, 0) is 6.42 Å². The van der Waals surface area contributed by atoms with E-state index < -0.39 is 6.09 Å². The van der Waals surface area contributed by atoms with Crippen LogP contribution in [0.5, 0.6) is 11.8 Å². The van der Waals surface area contributed by atoms with Gasteiger partial charge in [0.25, 0.3) is 5.88 Å². The van der Waals surface area contributed by atoms with Crippen LogP contribution in [0.15, 0.2) is 35.7 Å². The lowest BCUT2D eigenvalue weighted by Crippen LogP contribution is -2.41. The molecule has 2 heterocycles. The predicted octanol–water partition coefficient (Wildman–Crippen LogP) is 4.45. The van der Waals surface area contributed by atoms with Crippen molar-refractivity contribution in [3.05, 3.63) is 47.3 Å². The second-order valence-corrected chi connectivity index (χ2v) is 7.76. The summed E-state index contributed by atoms with van der Waals surface area (Å²) in [5.74, 6) is 0.777. The van der Waals surface area contributed by atoms with Crippen LogP contribution in [0.3, 0.4) is 0 Å². The molecule has 0 saturated carbocycles. The summed E-state index contributed by atoms with van der Waals surface area (Å²) in [7, 11) is 0. The summed E-state index contributed by atoms with van der Waals surface area (Å²) in [6, 6.07) is 8.36. The van der Waals surface area contributed by atoms with Gasteiger partial charge in [-0.1, -0.05) is 42.8 Å². The maximum atomic E-state index is 11.0. The number of carbonyl (C=O) groups is 1. The van der Waals surface area contributed by atoms with E-state index in [1.165, 1.54) is 29.6 Å². The summed E-state index contributed by atoms with van der Waals surface area (Å²) in [5.41, 5.74) is 3.73. The molecule has 1 amide bonds. The molecule has 8 nitrogen and oxygen atoms in total. The van der Waals surface area contributed by atoms with E-state index in [1.54, 1.807) is 0 Å². The molecule has 0 bridgehead atoms. The van der Waals surface area contributed by atoms with E-state index >= 15 is 0 Å². The Morgan fingerprint density at radius 2 is 1.87 bits per heavy atom. The van der Waals surface area contributed by atoms with Gasteiger partial charge in [0.15, 0.2) is 0 Å². The van der Waals surface area contributed by atoms with Gasteiger partial charge in [0.2, 0.25) is 5.88 Å². The quantitative estimate of drug-likeness (QED) is 0.495. The first-order valence-corrected chi connectivity index (χ1v) is 10.7. The first kappa shape index (κ1) is 22.5. The fourth-order valence-electron chi connectivity index (χ4n) is 3.41. The van der Waals surface area contributed by atoms with Crippen molar-refractivity contribution in [1.29, 1.82) is 0 Å². The van der Waals surface area contributed by atoms with E-state index in [4.69, 9.17) is 14.7 Å². The monoisotopic (exact) mass is 426 g/mol. The first-order valence-electron chi connectivity index (χ1n) is 10.7. The first-order chi connectivity index (χ1) is 15.0. The molecule has 0 atom stereocenters. The number of nitrogens with zero attached hydrogens (tertiary/aromatic N) is 4. The Hall–Kier alpha value is -3.16. The lowest BCUT2D eigenvalue weighted by Gasteiger charge is -2.30. The molecule has 2 aromatic rings. The zero-order chi connectivity index (χ0) is 22.2. The highest BCUT2D eigenvalue weighted by Gasteiger charge is 2.24. The van der Waals surface area contributed by atoms with Crippen LogP contribution in [0.25, 0.3) is 0 Å². The Bertz CT molecular complexity index is 906. The molecular formula is C23H30N4O4. The van der Waals surface area contributed by atoms with E-state index in [1.807, 2.05) is 13.8 Å². The van der Waals surface area contributed by atoms with Crippen LogP contribution in [0.2, 0.25) is 0 Å². The average molecular weight is 427 g/mol. The summed E-state index contributed by atoms with van der Waals surface area (Å²) in [6.45, 7) is 6.81. The molecule has 1 fully saturated rings. The second-order valence-electron chi connectivity index (χ2n) is 7.76. The van der Waals surface area contributed by atoms with Gasteiger partial charge in [-0.15, -0.1) is 0 Å². The highest BCUT2D eigenvalue weighted by molar-refractivity contribution is 5.98. The van der Waals surface area contributed by atoms with Gasteiger partial charge in [0.1, 0.15) is 12.4 Å². The number of ether oxygens (including phenoxy) is 1. The van der Waals surface area contributed by atoms with Crippen molar-refractivity contribution in [3.63, 3.8) is 0 Å². The SMILES string of the molecule is CCCCc1ccc(/C(C)=N\Oc2ncnc(OC3CCN(C(=O)O)CC3)c2C)cc1. The smallest absolute Gasteiger partial charge is 0.407 e. The minimum Gasteiger partial charge on any atom is -0.474 e. The molecular weight excluding hydrogens is 396 g/mol. The number of hydrogen-bond acceptors (Lipinski definition) is 6. The van der Waals surface area contributed by atoms with Crippen molar-refractivity contribution >= 4 is 11.8 Å². The van der Waals surface area contributed by atoms with Crippen LogP contribution >= 0.6 is 0 Å². The molecule has 0 radical (unpaired) electrons. The Balaban J connectivity index is 1.61. The maximum absolute atomic E-state index is 11.0. The Morgan fingerprint density at radius 1 is 1.19 bits per heavy atom. The Morgan fingerprint density at radius 3 is 2.52 bits per heavy atom. The van der Waals surface area contributed by atoms with Crippen LogP contribution in [0.4, 0.5) is 4.79 Å². The Labute approximate surface area is 182 Å². The van der Waals surface area contributed by atoms with Gasteiger partial charge in [0, 0.05) is 25.9 Å². The predicted molar refractivity (Wildman–Crippen MR) is 118 cm³/mol. The van der Waals surface area contributed by atoms with Crippen LogP contribution in [0.1, 0.15) is 56.2 Å². The lowest BCUT2D eigenvalue weighted by molar-refractivity contribution is 0.0863. The summed E-state index contributed by atoms with van der Waals surface area (Å²) in [4.78, 5) is 26.4. The zero-order valence-corrected chi connectivity index (χ0v) is 18.4. The van der Waals surface area contributed by atoms with Crippen molar-refractivity contribution in [2.24, 2.45) is 5.16 Å². The van der Waals surface area contributed by atoms with E-state index in [9.17, 15) is 4.79 Å². The number of piperidine rings is 1. The third-order valence-corrected chi connectivity index (χ3v) is 5.44. The van der Waals surface area contributed by atoms with Crippen molar-refractivity contribution in [2.75, 3.05) is 13.1 Å². The molecule has 166 valence electrons. The number of benzene rings is 1. The zero-order valence-electron chi connectivity index (χ0n) is 18.4. The molecule has 1 N–H and O–H groups in total. The van der Waals surface area contributed by atoms with Crippen LogP contribution in [0, 0.1) is 6.92 Å². The van der Waals surface area contributed by atoms with Crippen LogP contribution < -0.4 is 9.57 Å². The standard InChI is InChI=1S/C23H30N4O4/c1-4-5-6-18-7-9-19(10-8-18)17(3)26-31-22-16(2)21(24-15-25-22)30-20-11-13-27(14-12-20)23(28)29/h7-10,15,20H,4-6,11-14H2,1-3H3,(H,28,29)/b26-17-. The number of oxime groups is 1. The highest BCUT2D eigenvalue weighted by Crippen LogP contribution is 2.26. The molecule has 1 saturated heterocycles. The van der Waals surface area contributed by atoms with Crippen molar-refractivity contribution in [2.45, 2.75) is 59.0 Å². The summed E-state index contributed by atoms with van der Waals surface area (Å²) >= 11 is 0. The van der Waals surface area contributed by atoms with E-state index in [0.29, 0.717) is 43.3 Å². The van der Waals surface area contributed by atoms with Gasteiger partial charge in [-0.25, -0.2) is 9.78 Å². The molecule has 1 aliphatic rings. The normalized spacial score (nSPS) is 15.1. The van der Waals surface area contributed by atoms with Gasteiger partial charge in [0.05, 0.1) is 11.3 Å². The molecule has 31 heavy (non-hydrogen) atoms. The van der Waals surface area contributed by atoms with Gasteiger partial charge in [-0.3, -0.25) is 0 Å². The molecule has 1 aromatic heterocycles. The number of rotatable bonds is 8. The fourth-order valence-corrected chi connectivity index (χ4v) is 3.41. The molecule has 0 unspecified atom stereocenters. The molecule has 0 aliphatic carbocycles. The maximum Gasteiger partial charge on any atom is 0.407 e. The third-order valence-electron chi connectivity index (χ3n) is 5.44. The molecule has 1 aliphatic heterocycles. The fraction of sp³-hybridized carbons (Fsp3) is 0.478. The third kappa shape index (κ3) is 6.16. The molecule has 0 spiro atoms. The number of aromatic nitrogens is 2. The highest BCUT2D eigenvalue weighted by atomic mass is 16.6. The van der Waals surface area contributed by atoms with Gasteiger partial charge in [-0.05, 0) is 37.8 Å². The van der Waals surface area contributed by atoms with E-state index in [-0.39, 0.29) is 6.10 Å². The average Bonchev–Trinajstić information content (AvgIpc) is 2.78. The van der Waals surface area contributed by atoms with Gasteiger partial charge < -0.3 is 19.6 Å². The van der Waals surface area contributed by atoms with Gasteiger partial charge in [-0.2, -0.15) is 4.98 Å². The minimum absolute atomic E-state index is 0.0893. The topological polar surface area (TPSA) is 97.1 Å². The van der Waals surface area contributed by atoms with Crippen molar-refractivity contribution in [1.82, 2.24) is 14.9 Å². The number of amides is 1. The van der Waals surface area contributed by atoms with Gasteiger partial charge >= 0.3 is 6.09 Å². The lowest BCUT2D eigenvalue weighted by atomic mass is 10.0. The summed E-state index contributed by atoms with van der Waals surface area (Å²) in [5, 5.41) is 13.3. The van der Waals surface area contributed by atoms with E-state index in [2.05, 4.69) is 46.3 Å². The minimum atomic E-state index is -0.892. The second kappa shape index (κ2) is 10.7. The largest absolute Gasteiger partial charge is 0.474 e. The molecule has 8 heteroatoms.